The fourth-order valence-corrected chi connectivity index (χ4v) is 2.80. The number of carbonyl (C=O) groups excluding carboxylic acids is 1. The Labute approximate surface area is 146 Å². The third-order valence-corrected chi connectivity index (χ3v) is 4.60. The van der Waals surface area contributed by atoms with E-state index in [-0.39, 0.29) is 11.3 Å². The standard InChI is InChI=1S/C18H21ClN2OS/c1-18(2,3)14-5-7-15(8-6-14)23-12-17(22)21-11-13-4-9-16(19)20-10-13/h4-10H,11-12H2,1-3H3,(H,21,22). The molecule has 1 heterocycles. The molecule has 0 aliphatic rings. The number of nitrogens with one attached hydrogen (secondary N) is 1. The smallest absolute Gasteiger partial charge is 0.230 e. The van der Waals surface area contributed by atoms with Crippen LogP contribution < -0.4 is 5.32 Å². The van der Waals surface area contributed by atoms with Gasteiger partial charge >= 0.3 is 0 Å². The highest BCUT2D eigenvalue weighted by molar-refractivity contribution is 8.00. The highest BCUT2D eigenvalue weighted by Gasteiger charge is 2.13. The number of amides is 1. The summed E-state index contributed by atoms with van der Waals surface area (Å²) < 4.78 is 0. The van der Waals surface area contributed by atoms with Crippen molar-refractivity contribution < 1.29 is 4.79 Å². The number of rotatable bonds is 5. The molecule has 0 radical (unpaired) electrons. The van der Waals surface area contributed by atoms with E-state index in [0.717, 1.165) is 10.5 Å². The van der Waals surface area contributed by atoms with E-state index < -0.39 is 0 Å². The Morgan fingerprint density at radius 3 is 2.43 bits per heavy atom. The van der Waals surface area contributed by atoms with Crippen molar-refractivity contribution in [3.8, 4) is 0 Å². The quantitative estimate of drug-likeness (QED) is 0.641. The summed E-state index contributed by atoms with van der Waals surface area (Å²) in [6, 6.07) is 12.0. The molecule has 0 unspecified atom stereocenters. The van der Waals surface area contributed by atoms with Crippen LogP contribution in [-0.2, 0) is 16.8 Å². The Hall–Kier alpha value is -1.52. The van der Waals surface area contributed by atoms with Gasteiger partial charge in [-0.25, -0.2) is 4.98 Å². The molecular weight excluding hydrogens is 328 g/mol. The summed E-state index contributed by atoms with van der Waals surface area (Å²) in [5, 5.41) is 3.33. The highest BCUT2D eigenvalue weighted by atomic mass is 35.5. The SMILES string of the molecule is CC(C)(C)c1ccc(SCC(=O)NCc2ccc(Cl)nc2)cc1. The maximum Gasteiger partial charge on any atom is 0.230 e. The van der Waals surface area contributed by atoms with E-state index in [1.54, 1.807) is 12.3 Å². The average Bonchev–Trinajstić information content (AvgIpc) is 2.52. The minimum absolute atomic E-state index is 0.00449. The minimum Gasteiger partial charge on any atom is -0.351 e. The molecule has 0 aliphatic carbocycles. The number of aromatic nitrogens is 1. The number of pyridine rings is 1. The van der Waals surface area contributed by atoms with Crippen LogP contribution in [0, 0.1) is 0 Å². The van der Waals surface area contributed by atoms with Crippen molar-refractivity contribution in [3.63, 3.8) is 0 Å². The third kappa shape index (κ3) is 5.88. The topological polar surface area (TPSA) is 42.0 Å². The summed E-state index contributed by atoms with van der Waals surface area (Å²) in [7, 11) is 0. The summed E-state index contributed by atoms with van der Waals surface area (Å²) in [6.07, 6.45) is 1.67. The van der Waals surface area contributed by atoms with Gasteiger partial charge in [0.05, 0.1) is 5.75 Å². The molecule has 0 aliphatic heterocycles. The summed E-state index contributed by atoms with van der Waals surface area (Å²) in [5.74, 6) is 0.403. The van der Waals surface area contributed by atoms with E-state index in [2.05, 4.69) is 55.3 Å². The van der Waals surface area contributed by atoms with Gasteiger partial charge in [-0.15, -0.1) is 11.8 Å². The normalized spacial score (nSPS) is 11.3. The van der Waals surface area contributed by atoms with Crippen molar-refractivity contribution in [2.75, 3.05) is 5.75 Å². The van der Waals surface area contributed by atoms with Gasteiger partial charge in [-0.2, -0.15) is 0 Å². The van der Waals surface area contributed by atoms with Crippen LogP contribution in [-0.4, -0.2) is 16.6 Å². The predicted octanol–water partition coefficient (Wildman–Crippen LogP) is 4.44. The molecule has 1 N–H and O–H groups in total. The molecule has 3 nitrogen and oxygen atoms in total. The molecule has 2 rings (SSSR count). The van der Waals surface area contributed by atoms with Crippen molar-refractivity contribution in [1.29, 1.82) is 0 Å². The maximum atomic E-state index is 11.9. The molecule has 0 atom stereocenters. The predicted molar refractivity (Wildman–Crippen MR) is 97.0 cm³/mol. The van der Waals surface area contributed by atoms with Crippen LogP contribution in [0.3, 0.4) is 0 Å². The molecule has 0 fully saturated rings. The van der Waals surface area contributed by atoms with Crippen molar-refractivity contribution in [2.24, 2.45) is 0 Å². The van der Waals surface area contributed by atoms with Crippen molar-refractivity contribution in [2.45, 2.75) is 37.6 Å². The maximum absolute atomic E-state index is 11.9. The Morgan fingerprint density at radius 2 is 1.87 bits per heavy atom. The van der Waals surface area contributed by atoms with Crippen LogP contribution in [0.2, 0.25) is 5.15 Å². The molecular formula is C18H21ClN2OS. The third-order valence-electron chi connectivity index (χ3n) is 3.37. The molecule has 1 aromatic carbocycles. The number of carbonyl (C=O) groups is 1. The summed E-state index contributed by atoms with van der Waals surface area (Å²) in [5.41, 5.74) is 2.37. The Balaban J connectivity index is 1.79. The Bertz CT molecular complexity index is 648. The number of hydrogen-bond donors (Lipinski definition) is 1. The van der Waals surface area contributed by atoms with Gasteiger partial charge in [0.15, 0.2) is 0 Å². The second-order valence-electron chi connectivity index (χ2n) is 6.33. The molecule has 1 aromatic heterocycles. The lowest BCUT2D eigenvalue weighted by molar-refractivity contribution is -0.118. The molecule has 1 amide bonds. The van der Waals surface area contributed by atoms with Gasteiger partial charge in [0.1, 0.15) is 5.15 Å². The first kappa shape index (κ1) is 17.8. The van der Waals surface area contributed by atoms with E-state index in [1.807, 2.05) is 6.07 Å². The molecule has 5 heteroatoms. The first-order valence-electron chi connectivity index (χ1n) is 7.45. The Morgan fingerprint density at radius 1 is 1.17 bits per heavy atom. The minimum atomic E-state index is 0.00449. The zero-order chi connectivity index (χ0) is 16.9. The molecule has 2 aromatic rings. The van der Waals surface area contributed by atoms with Crippen LogP contribution in [0.1, 0.15) is 31.9 Å². The molecule has 122 valence electrons. The van der Waals surface area contributed by atoms with Crippen molar-refractivity contribution >= 4 is 29.3 Å². The number of halogens is 1. The van der Waals surface area contributed by atoms with E-state index in [1.165, 1.54) is 17.3 Å². The fraction of sp³-hybridized carbons (Fsp3) is 0.333. The van der Waals surface area contributed by atoms with Gasteiger partial charge in [0, 0.05) is 17.6 Å². The number of benzene rings is 1. The van der Waals surface area contributed by atoms with Gasteiger partial charge in [-0.3, -0.25) is 4.79 Å². The Kier molecular flexibility index (Phi) is 6.08. The van der Waals surface area contributed by atoms with Crippen LogP contribution in [0.15, 0.2) is 47.5 Å². The van der Waals surface area contributed by atoms with Crippen LogP contribution >= 0.6 is 23.4 Å². The number of nitrogens with zero attached hydrogens (tertiary/aromatic N) is 1. The van der Waals surface area contributed by atoms with Crippen LogP contribution in [0.5, 0.6) is 0 Å². The molecule has 0 bridgehead atoms. The van der Waals surface area contributed by atoms with Gasteiger partial charge in [-0.1, -0.05) is 50.6 Å². The zero-order valence-electron chi connectivity index (χ0n) is 13.6. The van der Waals surface area contributed by atoms with Gasteiger partial charge in [0.2, 0.25) is 5.91 Å². The molecule has 0 spiro atoms. The van der Waals surface area contributed by atoms with E-state index in [9.17, 15) is 4.79 Å². The number of thioether (sulfide) groups is 1. The van der Waals surface area contributed by atoms with Crippen molar-refractivity contribution in [3.05, 3.63) is 58.9 Å². The number of hydrogen-bond acceptors (Lipinski definition) is 3. The lowest BCUT2D eigenvalue weighted by atomic mass is 9.87. The molecule has 0 saturated heterocycles. The lowest BCUT2D eigenvalue weighted by Gasteiger charge is -2.19. The summed E-state index contributed by atoms with van der Waals surface area (Å²) >= 11 is 7.27. The first-order valence-corrected chi connectivity index (χ1v) is 8.81. The van der Waals surface area contributed by atoms with Gasteiger partial charge < -0.3 is 5.32 Å². The van der Waals surface area contributed by atoms with Crippen molar-refractivity contribution in [1.82, 2.24) is 10.3 Å². The average molecular weight is 349 g/mol. The zero-order valence-corrected chi connectivity index (χ0v) is 15.2. The summed E-state index contributed by atoms with van der Waals surface area (Å²) in [6.45, 7) is 7.03. The van der Waals surface area contributed by atoms with E-state index >= 15 is 0 Å². The second-order valence-corrected chi connectivity index (χ2v) is 7.76. The lowest BCUT2D eigenvalue weighted by Crippen LogP contribution is -2.24. The second kappa shape index (κ2) is 7.84. The largest absolute Gasteiger partial charge is 0.351 e. The monoisotopic (exact) mass is 348 g/mol. The van der Waals surface area contributed by atoms with Gasteiger partial charge in [-0.05, 0) is 34.7 Å². The molecule has 23 heavy (non-hydrogen) atoms. The first-order chi connectivity index (χ1) is 10.8. The summed E-state index contributed by atoms with van der Waals surface area (Å²) in [4.78, 5) is 17.0. The van der Waals surface area contributed by atoms with Crippen LogP contribution in [0.25, 0.3) is 0 Å². The van der Waals surface area contributed by atoms with Gasteiger partial charge in [0.25, 0.3) is 0 Å². The highest BCUT2D eigenvalue weighted by Crippen LogP contribution is 2.25. The van der Waals surface area contributed by atoms with Crippen LogP contribution in [0.4, 0.5) is 0 Å². The fourth-order valence-electron chi connectivity index (χ4n) is 1.96. The van der Waals surface area contributed by atoms with E-state index in [4.69, 9.17) is 11.6 Å². The molecule has 0 saturated carbocycles. The van der Waals surface area contributed by atoms with E-state index in [0.29, 0.717) is 17.5 Å².